The number of unbranched alkanes of at least 4 members (excludes halogenated alkanes) is 10. The summed E-state index contributed by atoms with van der Waals surface area (Å²) in [5.74, 6) is 0.795. The summed E-state index contributed by atoms with van der Waals surface area (Å²) in [5.41, 5.74) is 4.35. The van der Waals surface area contributed by atoms with E-state index in [1.807, 2.05) is 37.7 Å². The Hall–Kier alpha value is -1.61. The van der Waals surface area contributed by atoms with Gasteiger partial charge in [-0.05, 0) is 86.1 Å². The van der Waals surface area contributed by atoms with Gasteiger partial charge in [-0.2, -0.15) is 0 Å². The van der Waals surface area contributed by atoms with Crippen molar-refractivity contribution in [3.8, 4) is 11.5 Å². The third kappa shape index (κ3) is 9.65. The van der Waals surface area contributed by atoms with Crippen LogP contribution in [0.1, 0.15) is 113 Å². The molecule has 0 amide bonds. The van der Waals surface area contributed by atoms with Crippen molar-refractivity contribution in [1.29, 1.82) is 0 Å². The Labute approximate surface area is 207 Å². The highest BCUT2D eigenvalue weighted by Crippen LogP contribution is 2.39. The van der Waals surface area contributed by atoms with E-state index < -0.39 is 0 Å². The van der Waals surface area contributed by atoms with Gasteiger partial charge in [0.15, 0.2) is 0 Å². The molecule has 0 spiro atoms. The first kappa shape index (κ1) is 27.6. The maximum atomic E-state index is 10.4. The molecule has 0 radical (unpaired) electrons. The van der Waals surface area contributed by atoms with E-state index in [2.05, 4.69) is 26.0 Å². The molecule has 0 saturated carbocycles. The molecule has 0 aliphatic carbocycles. The van der Waals surface area contributed by atoms with E-state index in [4.69, 9.17) is 0 Å². The van der Waals surface area contributed by atoms with Gasteiger partial charge in [0.05, 0.1) is 0 Å². The van der Waals surface area contributed by atoms with Gasteiger partial charge in [-0.1, -0.05) is 89.8 Å². The topological polar surface area (TPSA) is 40.5 Å². The Balaban J connectivity index is 2.12. The van der Waals surface area contributed by atoms with E-state index in [-0.39, 0.29) is 0 Å². The first-order valence-corrected chi connectivity index (χ1v) is 14.1. The zero-order chi connectivity index (χ0) is 24.1. The van der Waals surface area contributed by atoms with Gasteiger partial charge in [-0.15, -0.1) is 0 Å². The Morgan fingerprint density at radius 1 is 0.545 bits per heavy atom. The number of benzene rings is 2. The van der Waals surface area contributed by atoms with Crippen LogP contribution in [-0.2, 0) is 12.8 Å². The van der Waals surface area contributed by atoms with Gasteiger partial charge in [0.25, 0.3) is 0 Å². The molecule has 0 atom stereocenters. The van der Waals surface area contributed by atoms with Gasteiger partial charge in [0, 0.05) is 9.79 Å². The quantitative estimate of drug-likeness (QED) is 0.240. The average Bonchev–Trinajstić information content (AvgIpc) is 2.79. The van der Waals surface area contributed by atoms with Crippen molar-refractivity contribution in [2.75, 3.05) is 0 Å². The highest BCUT2D eigenvalue weighted by molar-refractivity contribution is 7.99. The van der Waals surface area contributed by atoms with Crippen molar-refractivity contribution in [3.05, 3.63) is 46.5 Å². The lowest BCUT2D eigenvalue weighted by Crippen LogP contribution is -1.95. The molecule has 0 saturated heterocycles. The third-order valence-electron chi connectivity index (χ3n) is 6.58. The lowest BCUT2D eigenvalue weighted by molar-refractivity contribution is 0.469. The predicted molar refractivity (Wildman–Crippen MR) is 144 cm³/mol. The van der Waals surface area contributed by atoms with Crippen LogP contribution in [0.3, 0.4) is 0 Å². The van der Waals surface area contributed by atoms with Gasteiger partial charge < -0.3 is 10.2 Å². The van der Waals surface area contributed by atoms with Crippen molar-refractivity contribution in [3.63, 3.8) is 0 Å². The summed E-state index contributed by atoms with van der Waals surface area (Å²) in [4.78, 5) is 2.49. The minimum absolute atomic E-state index is 0.398. The highest BCUT2D eigenvalue weighted by atomic mass is 32.2. The smallest absolute Gasteiger partial charge is 0.118 e. The molecular formula is C30H46O2S. The van der Waals surface area contributed by atoms with Gasteiger partial charge in [-0.25, -0.2) is 0 Å². The van der Waals surface area contributed by atoms with Crippen LogP contribution in [0.15, 0.2) is 34.1 Å². The van der Waals surface area contributed by atoms with Crippen LogP contribution in [-0.4, -0.2) is 10.2 Å². The molecule has 3 heteroatoms. The number of rotatable bonds is 16. The Kier molecular flexibility index (Phi) is 12.8. The molecule has 2 N–H and O–H groups in total. The average molecular weight is 471 g/mol. The number of hydrogen-bond donors (Lipinski definition) is 2. The fourth-order valence-electron chi connectivity index (χ4n) is 4.32. The van der Waals surface area contributed by atoms with Crippen LogP contribution in [0, 0.1) is 13.8 Å². The largest absolute Gasteiger partial charge is 0.508 e. The molecule has 0 unspecified atom stereocenters. The van der Waals surface area contributed by atoms with Crippen LogP contribution in [0.4, 0.5) is 0 Å². The molecule has 0 bridgehead atoms. The van der Waals surface area contributed by atoms with Gasteiger partial charge in [0.1, 0.15) is 11.5 Å². The summed E-state index contributed by atoms with van der Waals surface area (Å²) in [5, 5.41) is 20.7. The first-order valence-electron chi connectivity index (χ1n) is 13.3. The first-order chi connectivity index (χ1) is 16.0. The Morgan fingerprint density at radius 3 is 1.30 bits per heavy atom. The van der Waals surface area contributed by atoms with E-state index in [1.54, 1.807) is 0 Å². The second-order valence-corrected chi connectivity index (χ2v) is 10.7. The monoisotopic (exact) mass is 470 g/mol. The molecule has 0 fully saturated rings. The third-order valence-corrected chi connectivity index (χ3v) is 7.78. The van der Waals surface area contributed by atoms with E-state index in [0.29, 0.717) is 11.5 Å². The summed E-state index contributed by atoms with van der Waals surface area (Å²) in [6, 6.07) is 8.24. The number of hydrogen-bond acceptors (Lipinski definition) is 3. The van der Waals surface area contributed by atoms with Crippen molar-refractivity contribution in [2.24, 2.45) is 0 Å². The summed E-state index contributed by atoms with van der Waals surface area (Å²) < 4.78 is 0. The van der Waals surface area contributed by atoms with Crippen molar-refractivity contribution in [2.45, 2.75) is 127 Å². The van der Waals surface area contributed by atoms with Crippen molar-refractivity contribution >= 4 is 11.8 Å². The van der Waals surface area contributed by atoms with Crippen LogP contribution in [0.25, 0.3) is 0 Å². The number of aromatic hydroxyl groups is 2. The normalized spacial score (nSPS) is 11.3. The maximum Gasteiger partial charge on any atom is 0.118 e. The van der Waals surface area contributed by atoms with Crippen LogP contribution in [0.5, 0.6) is 11.5 Å². The van der Waals surface area contributed by atoms with E-state index in [9.17, 15) is 10.2 Å². The molecule has 2 aromatic rings. The molecule has 33 heavy (non-hydrogen) atoms. The Bertz CT molecular complexity index is 774. The fourth-order valence-corrected chi connectivity index (χ4v) is 5.61. The second-order valence-electron chi connectivity index (χ2n) is 9.63. The van der Waals surface area contributed by atoms with Gasteiger partial charge in [-0.3, -0.25) is 0 Å². The number of phenolic OH excluding ortho intramolecular Hbond substituents is 2. The van der Waals surface area contributed by atoms with E-state index in [0.717, 1.165) is 24.0 Å². The molecule has 0 aliphatic rings. The van der Waals surface area contributed by atoms with Crippen LogP contribution in [0.2, 0.25) is 0 Å². The molecule has 0 aromatic heterocycles. The summed E-state index contributed by atoms with van der Waals surface area (Å²) in [6.45, 7) is 8.47. The molecule has 2 nitrogen and oxygen atoms in total. The van der Waals surface area contributed by atoms with E-state index in [1.165, 1.54) is 98.0 Å². The zero-order valence-electron chi connectivity index (χ0n) is 21.5. The molecule has 2 rings (SSSR count). The summed E-state index contributed by atoms with van der Waals surface area (Å²) in [6.07, 6.45) is 17.3. The second kappa shape index (κ2) is 15.3. The van der Waals surface area contributed by atoms with Gasteiger partial charge >= 0.3 is 0 Å². The Morgan fingerprint density at radius 2 is 0.909 bits per heavy atom. The van der Waals surface area contributed by atoms with Gasteiger partial charge in [0.2, 0.25) is 0 Å². The molecule has 184 valence electrons. The predicted octanol–water partition coefficient (Wildman–Crippen LogP) is 9.67. The molecular weight excluding hydrogens is 424 g/mol. The standard InChI is InChI=1S/C30H46O2S/c1-5-7-9-11-13-15-17-25-21-27(31)23(3)19-29(25)33-30-20-24(4)28(32)22-26(30)18-16-14-12-10-8-6-2/h19-22,31-32H,5-18H2,1-4H3. The molecule has 2 aromatic carbocycles. The number of aryl methyl sites for hydroxylation is 4. The molecule has 0 heterocycles. The summed E-state index contributed by atoms with van der Waals surface area (Å²) >= 11 is 1.81. The fraction of sp³-hybridized carbons (Fsp3) is 0.600. The minimum Gasteiger partial charge on any atom is -0.508 e. The van der Waals surface area contributed by atoms with E-state index >= 15 is 0 Å². The minimum atomic E-state index is 0.398. The molecule has 0 aliphatic heterocycles. The lowest BCUT2D eigenvalue weighted by atomic mass is 10.0. The lowest BCUT2D eigenvalue weighted by Gasteiger charge is -2.16. The number of phenols is 2. The maximum absolute atomic E-state index is 10.4. The van der Waals surface area contributed by atoms with Crippen LogP contribution >= 0.6 is 11.8 Å². The van der Waals surface area contributed by atoms with Crippen molar-refractivity contribution in [1.82, 2.24) is 0 Å². The zero-order valence-corrected chi connectivity index (χ0v) is 22.3. The summed E-state index contributed by atoms with van der Waals surface area (Å²) in [7, 11) is 0. The SMILES string of the molecule is CCCCCCCCc1cc(O)c(C)cc1Sc1cc(C)c(O)cc1CCCCCCCC. The van der Waals surface area contributed by atoms with Crippen molar-refractivity contribution < 1.29 is 10.2 Å². The highest BCUT2D eigenvalue weighted by Gasteiger charge is 2.13. The van der Waals surface area contributed by atoms with Crippen LogP contribution < -0.4 is 0 Å².